The van der Waals surface area contributed by atoms with E-state index in [-0.39, 0.29) is 0 Å². The molecule has 0 aliphatic carbocycles. The zero-order chi connectivity index (χ0) is 32.0. The fraction of sp³-hybridized carbons (Fsp3) is 0.515. The van der Waals surface area contributed by atoms with Crippen molar-refractivity contribution in [3.8, 4) is 22.6 Å². The lowest BCUT2D eigenvalue weighted by Crippen LogP contribution is -2.46. The molecule has 0 saturated heterocycles. The minimum atomic E-state index is -2.69. The van der Waals surface area contributed by atoms with E-state index in [0.717, 1.165) is 42.4 Å². The maximum Gasteiger partial charge on any atom is 0.500 e. The molecule has 2 rings (SSSR count). The highest BCUT2D eigenvalue weighted by molar-refractivity contribution is 6.60. The van der Waals surface area contributed by atoms with Crippen LogP contribution in [0.4, 0.5) is 4.79 Å². The Morgan fingerprint density at radius 3 is 2.02 bits per heavy atom. The van der Waals surface area contributed by atoms with E-state index in [2.05, 4.69) is 10.1 Å². The van der Waals surface area contributed by atoms with Crippen LogP contribution in [0.3, 0.4) is 0 Å². The quantitative estimate of drug-likeness (QED) is 0.0661. The van der Waals surface area contributed by atoms with E-state index >= 15 is 0 Å². The molecular weight excluding hydrogens is 582 g/mol. The number of amides is 1. The van der Waals surface area contributed by atoms with Crippen LogP contribution < -0.4 is 14.8 Å². The summed E-state index contributed by atoms with van der Waals surface area (Å²) in [5, 5.41) is 2.79. The van der Waals surface area contributed by atoms with Crippen LogP contribution in [0.2, 0.25) is 6.04 Å². The van der Waals surface area contributed by atoms with Crippen molar-refractivity contribution >= 4 is 26.9 Å². The average molecular weight is 632 g/mol. The van der Waals surface area contributed by atoms with Crippen LogP contribution in [0.1, 0.15) is 58.4 Å². The van der Waals surface area contributed by atoms with Crippen LogP contribution in [0.5, 0.6) is 11.5 Å². The highest BCUT2D eigenvalue weighted by Gasteiger charge is 2.39. The van der Waals surface area contributed by atoms with Gasteiger partial charge < -0.3 is 37.5 Å². The third kappa shape index (κ3) is 13.5. The van der Waals surface area contributed by atoms with Gasteiger partial charge in [-0.3, -0.25) is 0 Å². The summed E-state index contributed by atoms with van der Waals surface area (Å²) in [5.41, 5.74) is 2.92. The molecule has 0 fully saturated rings. The molecule has 2 aromatic rings. The van der Waals surface area contributed by atoms with Crippen LogP contribution in [0.15, 0.2) is 48.5 Å². The van der Waals surface area contributed by atoms with Crippen LogP contribution in [0.25, 0.3) is 17.2 Å². The number of hydrogen-bond acceptors (Lipinski definition) is 9. The van der Waals surface area contributed by atoms with Crippen LogP contribution in [-0.4, -0.2) is 74.7 Å². The molecule has 0 radical (unpaired) electrons. The standard InChI is InChI=1S/C33H49NO9Si/c1-6-41-44(42-7-2,43-8-3)25-13-22-34-33(36)40-24-12-10-9-11-23-39-30-20-19-29(26-31(30)37-4)28-17-14-27(15-18-28)16-21-32(35)38-5/h14-21,26H,6-13,22-25H2,1-5H3,(H,34,36)/b21-16+. The highest BCUT2D eigenvalue weighted by atomic mass is 28.4. The van der Waals surface area contributed by atoms with Crippen molar-refractivity contribution in [3.63, 3.8) is 0 Å². The van der Waals surface area contributed by atoms with E-state index in [1.807, 2.05) is 63.2 Å². The van der Waals surface area contributed by atoms with Gasteiger partial charge in [-0.05, 0) is 87.8 Å². The van der Waals surface area contributed by atoms with Gasteiger partial charge in [-0.25, -0.2) is 9.59 Å². The lowest BCUT2D eigenvalue weighted by molar-refractivity contribution is -0.134. The average Bonchev–Trinajstić information content (AvgIpc) is 3.03. The first-order valence-electron chi connectivity index (χ1n) is 15.4. The summed E-state index contributed by atoms with van der Waals surface area (Å²) in [7, 11) is 0.288. The molecule has 10 nitrogen and oxygen atoms in total. The second-order valence-corrected chi connectivity index (χ2v) is 12.5. The van der Waals surface area contributed by atoms with Gasteiger partial charge in [0.2, 0.25) is 0 Å². The van der Waals surface area contributed by atoms with E-state index in [4.69, 9.17) is 27.5 Å². The summed E-state index contributed by atoms with van der Waals surface area (Å²) in [6.07, 6.45) is 6.95. The fourth-order valence-electron chi connectivity index (χ4n) is 4.44. The van der Waals surface area contributed by atoms with Gasteiger partial charge in [0.15, 0.2) is 11.5 Å². The number of ether oxygens (including phenoxy) is 4. The summed E-state index contributed by atoms with van der Waals surface area (Å²) in [4.78, 5) is 23.3. The summed E-state index contributed by atoms with van der Waals surface area (Å²) in [5.74, 6) is 0.967. The van der Waals surface area contributed by atoms with Gasteiger partial charge in [-0.2, -0.15) is 0 Å². The van der Waals surface area contributed by atoms with Crippen molar-refractivity contribution in [2.24, 2.45) is 0 Å². The normalized spacial score (nSPS) is 11.4. The number of nitrogens with one attached hydrogen (secondary N) is 1. The number of esters is 1. The van der Waals surface area contributed by atoms with E-state index in [1.54, 1.807) is 13.2 Å². The van der Waals surface area contributed by atoms with E-state index in [1.165, 1.54) is 13.2 Å². The van der Waals surface area contributed by atoms with Crippen molar-refractivity contribution in [1.82, 2.24) is 5.32 Å². The molecule has 44 heavy (non-hydrogen) atoms. The second kappa shape index (κ2) is 21.3. The van der Waals surface area contributed by atoms with Gasteiger partial charge in [0.25, 0.3) is 0 Å². The maximum absolute atomic E-state index is 12.0. The Morgan fingerprint density at radius 1 is 0.773 bits per heavy atom. The Kier molecular flexibility index (Phi) is 17.9. The first-order chi connectivity index (χ1) is 21.4. The van der Waals surface area contributed by atoms with Crippen molar-refractivity contribution < 1.29 is 41.8 Å². The molecule has 0 bridgehead atoms. The van der Waals surface area contributed by atoms with Gasteiger partial charge in [0.1, 0.15) is 0 Å². The molecule has 0 aromatic heterocycles. The Bertz CT molecular complexity index is 1120. The van der Waals surface area contributed by atoms with Crippen molar-refractivity contribution in [2.45, 2.75) is 58.9 Å². The molecule has 0 aliphatic rings. The number of alkyl carbamates (subject to hydrolysis) is 1. The van der Waals surface area contributed by atoms with Crippen LogP contribution in [-0.2, 0) is 27.5 Å². The first kappa shape index (κ1) is 36.8. The number of carbonyl (C=O) groups excluding carboxylic acids is 2. The predicted molar refractivity (Wildman–Crippen MR) is 173 cm³/mol. The summed E-state index contributed by atoms with van der Waals surface area (Å²) in [6.45, 7) is 8.80. The first-order valence-corrected chi connectivity index (χ1v) is 17.3. The third-order valence-electron chi connectivity index (χ3n) is 6.57. The molecule has 0 aliphatic heterocycles. The monoisotopic (exact) mass is 631 g/mol. The van der Waals surface area contributed by atoms with E-state index in [9.17, 15) is 9.59 Å². The van der Waals surface area contributed by atoms with Crippen molar-refractivity contribution in [2.75, 3.05) is 53.8 Å². The topological polar surface area (TPSA) is 111 Å². The smallest absolute Gasteiger partial charge is 0.493 e. The SMILES string of the molecule is CCO[Si](CCCNC(=O)OCCCCCCOc1ccc(-c2ccc(/C=C/C(=O)OC)cc2)cc1OC)(OCC)OCC. The van der Waals surface area contributed by atoms with E-state index in [0.29, 0.717) is 63.5 Å². The number of benzene rings is 2. The zero-order valence-corrected chi connectivity index (χ0v) is 27.9. The fourth-order valence-corrected chi connectivity index (χ4v) is 7.05. The van der Waals surface area contributed by atoms with Gasteiger partial charge in [-0.15, -0.1) is 0 Å². The van der Waals surface area contributed by atoms with Gasteiger partial charge in [-0.1, -0.05) is 30.3 Å². The summed E-state index contributed by atoms with van der Waals surface area (Å²) in [6, 6.07) is 14.4. The van der Waals surface area contributed by atoms with Gasteiger partial charge >= 0.3 is 20.9 Å². The Balaban J connectivity index is 1.64. The molecule has 11 heteroatoms. The van der Waals surface area contributed by atoms with Gasteiger partial charge in [0.05, 0.1) is 27.4 Å². The molecule has 244 valence electrons. The summed E-state index contributed by atoms with van der Waals surface area (Å²) >= 11 is 0. The second-order valence-electron chi connectivity index (χ2n) is 9.76. The van der Waals surface area contributed by atoms with Crippen molar-refractivity contribution in [3.05, 3.63) is 54.1 Å². The largest absolute Gasteiger partial charge is 0.500 e. The number of unbranched alkanes of at least 4 members (excludes halogenated alkanes) is 3. The molecule has 0 saturated carbocycles. The molecular formula is C33H49NO9Si. The number of carbonyl (C=O) groups is 2. The maximum atomic E-state index is 12.0. The molecule has 1 N–H and O–H groups in total. The van der Waals surface area contributed by atoms with Crippen LogP contribution in [0, 0.1) is 0 Å². The molecule has 0 atom stereocenters. The Morgan fingerprint density at radius 2 is 1.41 bits per heavy atom. The van der Waals surface area contributed by atoms with E-state index < -0.39 is 20.9 Å². The lowest BCUT2D eigenvalue weighted by atomic mass is 10.0. The molecule has 0 spiro atoms. The highest BCUT2D eigenvalue weighted by Crippen LogP contribution is 2.33. The Hall–Kier alpha value is -3.38. The molecule has 0 heterocycles. The van der Waals surface area contributed by atoms with Gasteiger partial charge in [0, 0.05) is 38.5 Å². The third-order valence-corrected chi connectivity index (χ3v) is 9.72. The minimum Gasteiger partial charge on any atom is -0.493 e. The number of hydrogen-bond donors (Lipinski definition) is 1. The predicted octanol–water partition coefficient (Wildman–Crippen LogP) is 6.65. The number of methoxy groups -OCH3 is 2. The minimum absolute atomic E-state index is 0.375. The zero-order valence-electron chi connectivity index (χ0n) is 26.9. The molecule has 1 amide bonds. The van der Waals surface area contributed by atoms with Crippen LogP contribution >= 0.6 is 0 Å². The summed E-state index contributed by atoms with van der Waals surface area (Å²) < 4.78 is 39.0. The van der Waals surface area contributed by atoms with Crippen molar-refractivity contribution in [1.29, 1.82) is 0 Å². The molecule has 0 unspecified atom stereocenters. The molecule has 2 aromatic carbocycles. The number of rotatable bonds is 22. The Labute approximate surface area is 263 Å². The lowest BCUT2D eigenvalue weighted by Gasteiger charge is -2.28.